The van der Waals surface area contributed by atoms with E-state index in [9.17, 15) is 18.0 Å². The van der Waals surface area contributed by atoms with Crippen LogP contribution >= 0.6 is 0 Å². The van der Waals surface area contributed by atoms with E-state index < -0.39 is 18.3 Å². The van der Waals surface area contributed by atoms with E-state index in [1.54, 1.807) is 7.05 Å². The van der Waals surface area contributed by atoms with Crippen LogP contribution in [-0.2, 0) is 11.3 Å². The van der Waals surface area contributed by atoms with Gasteiger partial charge in [-0.2, -0.15) is 18.3 Å². The minimum absolute atomic E-state index is 0.0221. The van der Waals surface area contributed by atoms with Crippen molar-refractivity contribution in [1.29, 1.82) is 0 Å². The van der Waals surface area contributed by atoms with Crippen LogP contribution in [0.2, 0.25) is 0 Å². The van der Waals surface area contributed by atoms with E-state index in [0.29, 0.717) is 12.2 Å². The van der Waals surface area contributed by atoms with Gasteiger partial charge in [0.05, 0.1) is 25.0 Å². The lowest BCUT2D eigenvalue weighted by atomic mass is 10.4. The molecule has 0 spiro atoms. The molecule has 0 atom stereocenters. The van der Waals surface area contributed by atoms with E-state index in [2.05, 4.69) is 20.5 Å². The Morgan fingerprint density at radius 1 is 1.40 bits per heavy atom. The molecule has 0 amide bonds. The van der Waals surface area contributed by atoms with Crippen LogP contribution in [0.1, 0.15) is 0 Å². The highest BCUT2D eigenvalue weighted by Crippen LogP contribution is 2.14. The number of hydrogen-bond donors (Lipinski definition) is 2. The Labute approximate surface area is 113 Å². The first-order valence-corrected chi connectivity index (χ1v) is 6.02. The van der Waals surface area contributed by atoms with Crippen molar-refractivity contribution in [2.75, 3.05) is 38.7 Å². The molecule has 1 aromatic heterocycles. The maximum absolute atomic E-state index is 11.8. The number of ether oxygens (including phenoxy) is 1. The summed E-state index contributed by atoms with van der Waals surface area (Å²) >= 11 is 0. The molecule has 2 N–H and O–H groups in total. The molecule has 0 bridgehead atoms. The summed E-state index contributed by atoms with van der Waals surface area (Å²) in [5.41, 5.74) is 0.174. The molecule has 20 heavy (non-hydrogen) atoms. The number of nitrogens with one attached hydrogen (secondary N) is 2. The highest BCUT2D eigenvalue weighted by molar-refractivity contribution is 5.38. The third-order valence-corrected chi connectivity index (χ3v) is 2.29. The molecule has 114 valence electrons. The second-order valence-electron chi connectivity index (χ2n) is 4.00. The fraction of sp³-hybridized carbons (Fsp3) is 0.636. The molecule has 1 rings (SSSR count). The van der Waals surface area contributed by atoms with E-state index in [0.717, 1.165) is 11.2 Å². The van der Waals surface area contributed by atoms with Crippen molar-refractivity contribution >= 4 is 5.69 Å². The first kappa shape index (κ1) is 16.4. The molecule has 9 heteroatoms. The summed E-state index contributed by atoms with van der Waals surface area (Å²) in [6, 6.07) is 1.34. The minimum Gasteiger partial charge on any atom is -0.382 e. The van der Waals surface area contributed by atoms with E-state index in [-0.39, 0.29) is 13.2 Å². The van der Waals surface area contributed by atoms with Crippen molar-refractivity contribution in [2.24, 2.45) is 0 Å². The molecule has 0 saturated heterocycles. The van der Waals surface area contributed by atoms with Crippen LogP contribution in [0.25, 0.3) is 0 Å². The molecule has 6 nitrogen and oxygen atoms in total. The summed E-state index contributed by atoms with van der Waals surface area (Å²) in [6.45, 7) is -0.208. The number of nitrogens with zero attached hydrogens (tertiary/aromatic N) is 2. The van der Waals surface area contributed by atoms with E-state index in [4.69, 9.17) is 0 Å². The van der Waals surface area contributed by atoms with E-state index in [1.807, 2.05) is 0 Å². The van der Waals surface area contributed by atoms with Gasteiger partial charge in [-0.3, -0.25) is 4.79 Å². The molecule has 0 aromatic carbocycles. The van der Waals surface area contributed by atoms with Crippen LogP contribution in [0.4, 0.5) is 18.9 Å². The molecule has 0 radical (unpaired) electrons. The Hall–Kier alpha value is -1.61. The van der Waals surface area contributed by atoms with Crippen molar-refractivity contribution < 1.29 is 17.9 Å². The predicted octanol–water partition coefficient (Wildman–Crippen LogP) is 0.453. The molecule has 0 saturated carbocycles. The summed E-state index contributed by atoms with van der Waals surface area (Å²) in [6.07, 6.45) is -2.92. The Morgan fingerprint density at radius 2 is 2.15 bits per heavy atom. The Balaban J connectivity index is 2.42. The Morgan fingerprint density at radius 3 is 2.75 bits per heavy atom. The molecule has 0 aliphatic heterocycles. The number of likely N-dealkylation sites (N-methyl/N-ethyl adjacent to an activating group) is 1. The van der Waals surface area contributed by atoms with Gasteiger partial charge in [-0.15, -0.1) is 0 Å². The van der Waals surface area contributed by atoms with Crippen LogP contribution < -0.4 is 16.2 Å². The monoisotopic (exact) mass is 294 g/mol. The number of rotatable bonds is 8. The average molecular weight is 294 g/mol. The van der Waals surface area contributed by atoms with Gasteiger partial charge in [0.2, 0.25) is 0 Å². The third kappa shape index (κ3) is 6.53. The van der Waals surface area contributed by atoms with Gasteiger partial charge in [0.15, 0.2) is 0 Å². The summed E-state index contributed by atoms with van der Waals surface area (Å²) in [7, 11) is 1.80. The van der Waals surface area contributed by atoms with E-state index in [1.165, 1.54) is 12.3 Å². The smallest absolute Gasteiger partial charge is 0.382 e. The van der Waals surface area contributed by atoms with Gasteiger partial charge < -0.3 is 15.4 Å². The van der Waals surface area contributed by atoms with Gasteiger partial charge in [-0.1, -0.05) is 0 Å². The highest BCUT2D eigenvalue weighted by atomic mass is 19.4. The van der Waals surface area contributed by atoms with Gasteiger partial charge in [0.25, 0.3) is 5.56 Å². The van der Waals surface area contributed by atoms with Crippen LogP contribution in [0.3, 0.4) is 0 Å². The molecule has 0 fully saturated rings. The maximum atomic E-state index is 11.8. The molecule has 1 aromatic rings. The summed E-state index contributed by atoms with van der Waals surface area (Å²) in [4.78, 5) is 11.6. The van der Waals surface area contributed by atoms with Gasteiger partial charge >= 0.3 is 6.18 Å². The molecule has 0 unspecified atom stereocenters. The van der Waals surface area contributed by atoms with Gasteiger partial charge in [-0.05, 0) is 7.05 Å². The number of aromatic nitrogens is 2. The van der Waals surface area contributed by atoms with Crippen LogP contribution in [0, 0.1) is 0 Å². The summed E-state index contributed by atoms with van der Waals surface area (Å²) in [5.74, 6) is 0. The van der Waals surface area contributed by atoms with Crippen LogP contribution in [-0.4, -0.2) is 49.3 Å². The third-order valence-electron chi connectivity index (χ3n) is 2.29. The van der Waals surface area contributed by atoms with Crippen LogP contribution in [0.15, 0.2) is 17.1 Å². The van der Waals surface area contributed by atoms with Gasteiger partial charge in [0, 0.05) is 19.2 Å². The average Bonchev–Trinajstić information content (AvgIpc) is 2.36. The predicted molar refractivity (Wildman–Crippen MR) is 67.8 cm³/mol. The second kappa shape index (κ2) is 7.85. The van der Waals surface area contributed by atoms with Crippen molar-refractivity contribution in [3.8, 4) is 0 Å². The molecule has 0 aliphatic carbocycles. The topological polar surface area (TPSA) is 68.2 Å². The number of alkyl halides is 3. The normalized spacial score (nSPS) is 11.6. The first-order valence-electron chi connectivity index (χ1n) is 6.02. The molecular formula is C11H17F3N4O2. The lowest BCUT2D eigenvalue weighted by Crippen LogP contribution is -2.27. The van der Waals surface area contributed by atoms with Crippen molar-refractivity contribution in [1.82, 2.24) is 15.1 Å². The highest BCUT2D eigenvalue weighted by Gasteiger charge is 2.27. The summed E-state index contributed by atoms with van der Waals surface area (Å²) < 4.78 is 41.0. The quantitative estimate of drug-likeness (QED) is 0.682. The fourth-order valence-electron chi connectivity index (χ4n) is 1.37. The van der Waals surface area contributed by atoms with Crippen molar-refractivity contribution in [3.05, 3.63) is 22.6 Å². The van der Waals surface area contributed by atoms with Crippen LogP contribution in [0.5, 0.6) is 0 Å². The Bertz CT molecular complexity index is 462. The lowest BCUT2D eigenvalue weighted by molar-refractivity contribution is -0.174. The van der Waals surface area contributed by atoms with Crippen molar-refractivity contribution in [2.45, 2.75) is 12.7 Å². The maximum Gasteiger partial charge on any atom is 0.411 e. The number of anilines is 1. The van der Waals surface area contributed by atoms with Gasteiger partial charge in [-0.25, -0.2) is 4.68 Å². The molecular weight excluding hydrogens is 277 g/mol. The lowest BCUT2D eigenvalue weighted by Gasteiger charge is -2.09. The zero-order chi connectivity index (χ0) is 15.0. The Kier molecular flexibility index (Phi) is 6.46. The number of hydrogen-bond acceptors (Lipinski definition) is 5. The molecule has 1 heterocycles. The number of halogens is 3. The standard InChI is InChI=1S/C11H17F3N4O2/c1-15-2-3-16-9-6-10(19)18(17-7-9)4-5-20-8-11(12,13)14/h6-7,15-16H,2-5,8H2,1H3. The molecule has 0 aliphatic rings. The zero-order valence-corrected chi connectivity index (χ0v) is 11.0. The van der Waals surface area contributed by atoms with Crippen molar-refractivity contribution in [3.63, 3.8) is 0 Å². The minimum atomic E-state index is -4.36. The first-order chi connectivity index (χ1) is 9.42. The van der Waals surface area contributed by atoms with E-state index >= 15 is 0 Å². The van der Waals surface area contributed by atoms with Gasteiger partial charge in [0.1, 0.15) is 6.61 Å². The SMILES string of the molecule is CNCCNc1cnn(CCOCC(F)(F)F)c(=O)c1. The fourth-order valence-corrected chi connectivity index (χ4v) is 1.37. The zero-order valence-electron chi connectivity index (χ0n) is 11.0. The second-order valence-corrected chi connectivity index (χ2v) is 4.00. The summed E-state index contributed by atoms with van der Waals surface area (Å²) in [5, 5.41) is 9.77. The largest absolute Gasteiger partial charge is 0.411 e.